The van der Waals surface area contributed by atoms with Crippen LogP contribution >= 0.6 is 11.8 Å². The Bertz CT molecular complexity index is 585. The highest BCUT2D eigenvalue weighted by Gasteiger charge is 2.20. The number of hydrogen-bond donors (Lipinski definition) is 1. The second-order valence-corrected chi connectivity index (χ2v) is 6.16. The van der Waals surface area contributed by atoms with E-state index in [-0.39, 0.29) is 0 Å². The van der Waals surface area contributed by atoms with Crippen molar-refractivity contribution >= 4 is 29.6 Å². The van der Waals surface area contributed by atoms with Gasteiger partial charge in [-0.2, -0.15) is 16.7 Å². The summed E-state index contributed by atoms with van der Waals surface area (Å²) >= 11 is 1.92. The van der Waals surface area contributed by atoms with Gasteiger partial charge in [-0.05, 0) is 42.4 Å². The summed E-state index contributed by atoms with van der Waals surface area (Å²) in [5.41, 5.74) is 7.47. The number of anilines is 1. The Hall–Kier alpha value is -1.75. The van der Waals surface area contributed by atoms with Crippen LogP contribution in [0, 0.1) is 0 Å². The SMILES string of the molecule is Nc1ccc(/C=C/c2nc(C3CCCCS3)no2)cc1. The van der Waals surface area contributed by atoms with Gasteiger partial charge in [0, 0.05) is 11.8 Å². The van der Waals surface area contributed by atoms with E-state index in [1.165, 1.54) is 18.6 Å². The Balaban J connectivity index is 1.68. The molecule has 0 amide bonds. The zero-order valence-corrected chi connectivity index (χ0v) is 12.0. The molecule has 1 fully saturated rings. The Labute approximate surface area is 122 Å². The van der Waals surface area contributed by atoms with E-state index >= 15 is 0 Å². The maximum Gasteiger partial charge on any atom is 0.250 e. The molecule has 5 heteroatoms. The third-order valence-electron chi connectivity index (χ3n) is 3.28. The molecule has 20 heavy (non-hydrogen) atoms. The van der Waals surface area contributed by atoms with Crippen LogP contribution in [-0.2, 0) is 0 Å². The Morgan fingerprint density at radius 3 is 2.80 bits per heavy atom. The van der Waals surface area contributed by atoms with Gasteiger partial charge in [0.05, 0.1) is 5.25 Å². The van der Waals surface area contributed by atoms with Crippen LogP contribution < -0.4 is 5.73 Å². The van der Waals surface area contributed by atoms with Gasteiger partial charge in [-0.3, -0.25) is 0 Å². The van der Waals surface area contributed by atoms with Crippen LogP contribution in [0.3, 0.4) is 0 Å². The maximum absolute atomic E-state index is 5.65. The predicted octanol–water partition coefficient (Wildman–Crippen LogP) is 3.78. The van der Waals surface area contributed by atoms with E-state index in [4.69, 9.17) is 10.3 Å². The molecule has 0 saturated carbocycles. The number of aromatic nitrogens is 2. The van der Waals surface area contributed by atoms with Crippen LogP contribution in [0.2, 0.25) is 0 Å². The van der Waals surface area contributed by atoms with Gasteiger partial charge >= 0.3 is 0 Å². The molecule has 4 nitrogen and oxygen atoms in total. The first-order valence-corrected chi connectivity index (χ1v) is 7.85. The molecule has 2 N–H and O–H groups in total. The number of nitrogens with two attached hydrogens (primary N) is 1. The van der Waals surface area contributed by atoms with Gasteiger partial charge < -0.3 is 10.3 Å². The van der Waals surface area contributed by atoms with Gasteiger partial charge in [0.15, 0.2) is 5.82 Å². The highest BCUT2D eigenvalue weighted by Crippen LogP contribution is 2.36. The second-order valence-electron chi connectivity index (χ2n) is 4.85. The van der Waals surface area contributed by atoms with Crippen LogP contribution in [-0.4, -0.2) is 15.9 Å². The number of nitrogen functional groups attached to an aromatic ring is 1. The molecule has 1 saturated heterocycles. The largest absolute Gasteiger partial charge is 0.399 e. The minimum absolute atomic E-state index is 0.395. The van der Waals surface area contributed by atoms with E-state index < -0.39 is 0 Å². The molecule has 2 heterocycles. The van der Waals surface area contributed by atoms with Gasteiger partial charge in [0.25, 0.3) is 5.89 Å². The summed E-state index contributed by atoms with van der Waals surface area (Å²) in [5, 5.41) is 4.48. The van der Waals surface area contributed by atoms with Crippen molar-refractivity contribution in [1.29, 1.82) is 0 Å². The van der Waals surface area contributed by atoms with Crippen molar-refractivity contribution in [2.45, 2.75) is 24.5 Å². The summed E-state index contributed by atoms with van der Waals surface area (Å²) in [4.78, 5) is 4.46. The number of rotatable bonds is 3. The molecule has 1 aliphatic rings. The van der Waals surface area contributed by atoms with Gasteiger partial charge in [-0.1, -0.05) is 23.7 Å². The smallest absolute Gasteiger partial charge is 0.250 e. The molecule has 1 aromatic heterocycles. The predicted molar refractivity (Wildman–Crippen MR) is 83.1 cm³/mol. The zero-order valence-electron chi connectivity index (χ0n) is 11.2. The van der Waals surface area contributed by atoms with Gasteiger partial charge in [-0.15, -0.1) is 0 Å². The highest BCUT2D eigenvalue weighted by molar-refractivity contribution is 7.99. The summed E-state index contributed by atoms with van der Waals surface area (Å²) in [6.07, 6.45) is 7.48. The summed E-state index contributed by atoms with van der Waals surface area (Å²) < 4.78 is 5.28. The molecule has 2 aromatic rings. The second kappa shape index (κ2) is 6.13. The van der Waals surface area contributed by atoms with Crippen molar-refractivity contribution in [3.63, 3.8) is 0 Å². The summed E-state index contributed by atoms with van der Waals surface area (Å²) in [5.74, 6) is 2.57. The third-order valence-corrected chi connectivity index (χ3v) is 4.65. The van der Waals surface area contributed by atoms with Crippen LogP contribution in [0.4, 0.5) is 5.69 Å². The molecule has 1 atom stereocenters. The Morgan fingerprint density at radius 1 is 1.20 bits per heavy atom. The topological polar surface area (TPSA) is 64.9 Å². The monoisotopic (exact) mass is 287 g/mol. The highest BCUT2D eigenvalue weighted by atomic mass is 32.2. The Morgan fingerprint density at radius 2 is 2.05 bits per heavy atom. The van der Waals surface area contributed by atoms with Crippen molar-refractivity contribution in [1.82, 2.24) is 10.1 Å². The third kappa shape index (κ3) is 3.22. The molecule has 0 aliphatic carbocycles. The van der Waals surface area contributed by atoms with Gasteiger partial charge in [0.2, 0.25) is 0 Å². The molecule has 1 aliphatic heterocycles. The quantitative estimate of drug-likeness (QED) is 0.870. The zero-order chi connectivity index (χ0) is 13.8. The van der Waals surface area contributed by atoms with Crippen LogP contribution in [0.15, 0.2) is 28.8 Å². The molecular weight excluding hydrogens is 270 g/mol. The Kier molecular flexibility index (Phi) is 4.06. The van der Waals surface area contributed by atoms with Gasteiger partial charge in [0.1, 0.15) is 0 Å². The summed E-state index contributed by atoms with van der Waals surface area (Å²) in [6.45, 7) is 0. The molecule has 0 bridgehead atoms. The van der Waals surface area contributed by atoms with Crippen LogP contribution in [0.1, 0.15) is 41.8 Å². The number of nitrogens with zero attached hydrogens (tertiary/aromatic N) is 2. The summed E-state index contributed by atoms with van der Waals surface area (Å²) in [6, 6.07) is 7.66. The fraction of sp³-hybridized carbons (Fsp3) is 0.333. The molecule has 0 spiro atoms. The lowest BCUT2D eigenvalue weighted by Gasteiger charge is -2.17. The fourth-order valence-electron chi connectivity index (χ4n) is 2.16. The summed E-state index contributed by atoms with van der Waals surface area (Å²) in [7, 11) is 0. The first-order valence-electron chi connectivity index (χ1n) is 6.80. The lowest BCUT2D eigenvalue weighted by molar-refractivity contribution is 0.401. The maximum atomic E-state index is 5.65. The van der Waals surface area contributed by atoms with E-state index in [1.54, 1.807) is 0 Å². The molecule has 104 valence electrons. The van der Waals surface area contributed by atoms with Crippen LogP contribution in [0.25, 0.3) is 12.2 Å². The van der Waals surface area contributed by atoms with Crippen molar-refractivity contribution in [3.05, 3.63) is 41.5 Å². The fourth-order valence-corrected chi connectivity index (χ4v) is 3.40. The van der Waals surface area contributed by atoms with Crippen LogP contribution in [0.5, 0.6) is 0 Å². The lowest BCUT2D eigenvalue weighted by atomic mass is 10.2. The first kappa shape index (κ1) is 13.2. The van der Waals surface area contributed by atoms with E-state index in [0.29, 0.717) is 11.1 Å². The minimum atomic E-state index is 0.395. The lowest BCUT2D eigenvalue weighted by Crippen LogP contribution is -2.03. The van der Waals surface area contributed by atoms with Gasteiger partial charge in [-0.25, -0.2) is 0 Å². The number of hydrogen-bond acceptors (Lipinski definition) is 5. The first-order chi connectivity index (χ1) is 9.81. The normalized spacial score (nSPS) is 19.5. The van der Waals surface area contributed by atoms with E-state index in [1.807, 2.05) is 48.2 Å². The molecule has 0 radical (unpaired) electrons. The number of thioether (sulfide) groups is 1. The molecule has 1 unspecified atom stereocenters. The minimum Gasteiger partial charge on any atom is -0.399 e. The number of benzene rings is 1. The molecular formula is C15H17N3OS. The van der Waals surface area contributed by atoms with E-state index in [0.717, 1.165) is 23.5 Å². The molecule has 3 rings (SSSR count). The molecule has 1 aromatic carbocycles. The standard InChI is InChI=1S/C15H17N3OS/c16-12-7-4-11(5-8-12)6-9-14-17-15(18-19-14)13-3-1-2-10-20-13/h4-9,13H,1-3,10,16H2/b9-6+. The van der Waals surface area contributed by atoms with E-state index in [9.17, 15) is 0 Å². The van der Waals surface area contributed by atoms with E-state index in [2.05, 4.69) is 10.1 Å². The average molecular weight is 287 g/mol. The van der Waals surface area contributed by atoms with Crippen molar-refractivity contribution in [2.24, 2.45) is 0 Å². The average Bonchev–Trinajstić information content (AvgIpc) is 2.97. The van der Waals surface area contributed by atoms with Crippen molar-refractivity contribution < 1.29 is 4.52 Å². The van der Waals surface area contributed by atoms with Crippen molar-refractivity contribution in [2.75, 3.05) is 11.5 Å². The van der Waals surface area contributed by atoms with Crippen molar-refractivity contribution in [3.8, 4) is 0 Å².